The number of urea groups is 1. The van der Waals surface area contributed by atoms with E-state index in [2.05, 4.69) is 29.4 Å². The molecule has 4 rings (SSSR count). The van der Waals surface area contributed by atoms with Crippen molar-refractivity contribution in [2.75, 3.05) is 35.3 Å². The van der Waals surface area contributed by atoms with Crippen LogP contribution in [0.5, 0.6) is 5.75 Å². The second-order valence-corrected chi connectivity index (χ2v) is 8.54. The molecule has 0 bridgehead atoms. The van der Waals surface area contributed by atoms with Crippen LogP contribution in [0.4, 0.5) is 21.9 Å². The monoisotopic (exact) mass is 447 g/mol. The number of hydrogen-bond acceptors (Lipinski definition) is 4. The number of hydrogen-bond donors (Lipinski definition) is 2. The maximum atomic E-state index is 13.4. The second-order valence-electron chi connectivity index (χ2n) is 8.54. The summed E-state index contributed by atoms with van der Waals surface area (Å²) in [5, 5.41) is 9.69. The van der Waals surface area contributed by atoms with E-state index in [-0.39, 0.29) is 11.9 Å². The predicted octanol–water partition coefficient (Wildman–Crippen LogP) is 4.69. The minimum Gasteiger partial charge on any atom is -0.494 e. The van der Waals surface area contributed by atoms with Crippen LogP contribution in [0.1, 0.15) is 26.3 Å². The maximum absolute atomic E-state index is 13.4. The zero-order valence-corrected chi connectivity index (χ0v) is 19.4. The Kier molecular flexibility index (Phi) is 6.35. The summed E-state index contributed by atoms with van der Waals surface area (Å²) < 4.78 is 5.79. The molecular formula is C25H29N5O3. The summed E-state index contributed by atoms with van der Waals surface area (Å²) in [6.07, 6.45) is 4.32. The number of aromatic nitrogens is 2. The number of nitrogens with one attached hydrogen (secondary N) is 2. The molecule has 0 spiro atoms. The molecule has 8 nitrogen and oxygen atoms in total. The molecule has 0 saturated carbocycles. The average molecular weight is 448 g/mol. The fourth-order valence-corrected chi connectivity index (χ4v) is 4.22. The Morgan fingerprint density at radius 2 is 1.85 bits per heavy atom. The molecule has 2 heterocycles. The van der Waals surface area contributed by atoms with E-state index in [1.807, 2.05) is 42.6 Å². The minimum absolute atomic E-state index is 0.105. The SMILES string of the molecule is COc1c(N2CCN(c3ccc(-c4cn[nH]c4)cc3)C2=O)ccc(NC(C)=O)c1CC(C)C. The van der Waals surface area contributed by atoms with E-state index in [1.165, 1.54) is 6.92 Å². The van der Waals surface area contributed by atoms with Crippen molar-refractivity contribution in [2.24, 2.45) is 5.92 Å². The molecule has 1 aliphatic heterocycles. The Balaban J connectivity index is 1.63. The van der Waals surface area contributed by atoms with Crippen LogP contribution in [0.25, 0.3) is 11.1 Å². The van der Waals surface area contributed by atoms with Crippen LogP contribution in [0.15, 0.2) is 48.8 Å². The van der Waals surface area contributed by atoms with Crippen LogP contribution in [-0.2, 0) is 11.2 Å². The van der Waals surface area contributed by atoms with E-state index in [0.29, 0.717) is 36.9 Å². The number of rotatable bonds is 7. The lowest BCUT2D eigenvalue weighted by Gasteiger charge is -2.24. The number of methoxy groups -OCH3 is 1. The largest absolute Gasteiger partial charge is 0.494 e. The zero-order valence-electron chi connectivity index (χ0n) is 19.4. The quantitative estimate of drug-likeness (QED) is 0.550. The van der Waals surface area contributed by atoms with Crippen molar-refractivity contribution in [3.8, 4) is 16.9 Å². The van der Waals surface area contributed by atoms with Crippen molar-refractivity contribution in [3.63, 3.8) is 0 Å². The zero-order chi connectivity index (χ0) is 23.5. The highest BCUT2D eigenvalue weighted by molar-refractivity contribution is 6.07. The molecule has 0 unspecified atom stereocenters. The van der Waals surface area contributed by atoms with E-state index in [9.17, 15) is 9.59 Å². The first kappa shape index (κ1) is 22.4. The lowest BCUT2D eigenvalue weighted by atomic mass is 9.98. The Labute approximate surface area is 193 Å². The molecule has 33 heavy (non-hydrogen) atoms. The van der Waals surface area contributed by atoms with Crippen molar-refractivity contribution >= 4 is 29.0 Å². The molecule has 0 aliphatic carbocycles. The van der Waals surface area contributed by atoms with Gasteiger partial charge in [0.05, 0.1) is 19.0 Å². The smallest absolute Gasteiger partial charge is 0.329 e. The van der Waals surface area contributed by atoms with Gasteiger partial charge in [0.2, 0.25) is 5.91 Å². The number of nitrogens with zero attached hydrogens (tertiary/aromatic N) is 3. The number of anilines is 3. The lowest BCUT2D eigenvalue weighted by Crippen LogP contribution is -2.32. The first-order valence-corrected chi connectivity index (χ1v) is 11.0. The molecule has 2 N–H and O–H groups in total. The molecule has 8 heteroatoms. The standard InChI is InChI=1S/C25H29N5O3/c1-16(2)13-21-22(28-17(3)31)9-10-23(24(21)33-4)30-12-11-29(25(30)32)20-7-5-18(6-8-20)19-14-26-27-15-19/h5-10,14-16H,11-13H2,1-4H3,(H,26,27)(H,28,31). The third-order valence-electron chi connectivity index (χ3n) is 5.68. The van der Waals surface area contributed by atoms with E-state index in [1.54, 1.807) is 23.1 Å². The highest BCUT2D eigenvalue weighted by Crippen LogP contribution is 2.40. The number of ether oxygens (including phenoxy) is 1. The Morgan fingerprint density at radius 3 is 2.45 bits per heavy atom. The van der Waals surface area contributed by atoms with Gasteiger partial charge in [0.15, 0.2) is 0 Å². The van der Waals surface area contributed by atoms with Crippen LogP contribution in [-0.4, -0.2) is 42.3 Å². The van der Waals surface area contributed by atoms with Gasteiger partial charge >= 0.3 is 6.03 Å². The van der Waals surface area contributed by atoms with Gasteiger partial charge in [-0.15, -0.1) is 0 Å². The van der Waals surface area contributed by atoms with Crippen molar-refractivity contribution < 1.29 is 14.3 Å². The summed E-state index contributed by atoms with van der Waals surface area (Å²) in [4.78, 5) is 28.6. The number of amides is 3. The minimum atomic E-state index is -0.142. The molecule has 3 aromatic rings. The van der Waals surface area contributed by atoms with Gasteiger partial charge in [-0.2, -0.15) is 5.10 Å². The van der Waals surface area contributed by atoms with Gasteiger partial charge in [-0.25, -0.2) is 4.79 Å². The van der Waals surface area contributed by atoms with Crippen molar-refractivity contribution in [1.29, 1.82) is 0 Å². The molecule has 1 aromatic heterocycles. The van der Waals surface area contributed by atoms with Gasteiger partial charge in [-0.05, 0) is 42.2 Å². The molecule has 1 saturated heterocycles. The Hall–Kier alpha value is -3.81. The van der Waals surface area contributed by atoms with Crippen LogP contribution in [0.3, 0.4) is 0 Å². The highest BCUT2D eigenvalue weighted by Gasteiger charge is 2.33. The van der Waals surface area contributed by atoms with Crippen molar-refractivity contribution in [3.05, 3.63) is 54.4 Å². The van der Waals surface area contributed by atoms with E-state index in [0.717, 1.165) is 28.1 Å². The third kappa shape index (κ3) is 4.55. The first-order valence-electron chi connectivity index (χ1n) is 11.0. The summed E-state index contributed by atoms with van der Waals surface area (Å²) in [7, 11) is 1.60. The summed E-state index contributed by atoms with van der Waals surface area (Å²) in [5.41, 5.74) is 5.20. The molecule has 172 valence electrons. The van der Waals surface area contributed by atoms with E-state index in [4.69, 9.17) is 4.74 Å². The Morgan fingerprint density at radius 1 is 1.12 bits per heavy atom. The van der Waals surface area contributed by atoms with Crippen molar-refractivity contribution in [2.45, 2.75) is 27.2 Å². The number of carbonyl (C=O) groups is 2. The van der Waals surface area contributed by atoms with Gasteiger partial charge in [0, 0.05) is 48.7 Å². The first-order chi connectivity index (χ1) is 15.9. The second kappa shape index (κ2) is 9.36. The van der Waals surface area contributed by atoms with E-state index >= 15 is 0 Å². The van der Waals surface area contributed by atoms with Crippen LogP contribution in [0, 0.1) is 5.92 Å². The topological polar surface area (TPSA) is 90.6 Å². The molecule has 3 amide bonds. The maximum Gasteiger partial charge on any atom is 0.329 e. The normalized spacial score (nSPS) is 13.7. The van der Waals surface area contributed by atoms with Gasteiger partial charge in [0.1, 0.15) is 5.75 Å². The number of carbonyl (C=O) groups excluding carboxylic acids is 2. The molecular weight excluding hydrogens is 418 g/mol. The summed E-state index contributed by atoms with van der Waals surface area (Å²) in [5.74, 6) is 0.832. The molecule has 0 radical (unpaired) electrons. The van der Waals surface area contributed by atoms with Gasteiger partial charge in [-0.1, -0.05) is 26.0 Å². The van der Waals surface area contributed by atoms with Crippen molar-refractivity contribution in [1.82, 2.24) is 10.2 Å². The molecule has 1 aliphatic rings. The van der Waals surface area contributed by atoms with Gasteiger partial charge in [0.25, 0.3) is 0 Å². The summed E-state index contributed by atoms with van der Waals surface area (Å²) in [6.45, 7) is 6.82. The number of H-pyrrole nitrogens is 1. The number of aromatic amines is 1. The van der Waals surface area contributed by atoms with Crippen LogP contribution in [0.2, 0.25) is 0 Å². The average Bonchev–Trinajstić information content (AvgIpc) is 3.44. The molecule has 0 atom stereocenters. The van der Waals surface area contributed by atoms with Gasteiger partial charge < -0.3 is 10.1 Å². The van der Waals surface area contributed by atoms with Crippen LogP contribution < -0.4 is 19.9 Å². The summed E-state index contributed by atoms with van der Waals surface area (Å²) >= 11 is 0. The van der Waals surface area contributed by atoms with E-state index < -0.39 is 0 Å². The fourth-order valence-electron chi connectivity index (χ4n) is 4.22. The van der Waals surface area contributed by atoms with Crippen LogP contribution >= 0.6 is 0 Å². The fraction of sp³-hybridized carbons (Fsp3) is 0.320. The molecule has 1 fully saturated rings. The number of benzene rings is 2. The third-order valence-corrected chi connectivity index (χ3v) is 5.68. The predicted molar refractivity (Wildman–Crippen MR) is 130 cm³/mol. The highest BCUT2D eigenvalue weighted by atomic mass is 16.5. The Bertz CT molecular complexity index is 1140. The van der Waals surface area contributed by atoms with Gasteiger partial charge in [-0.3, -0.25) is 19.7 Å². The summed E-state index contributed by atoms with van der Waals surface area (Å²) in [6, 6.07) is 11.5. The molecule has 2 aromatic carbocycles. The lowest BCUT2D eigenvalue weighted by molar-refractivity contribution is -0.114.